The zero-order valence-electron chi connectivity index (χ0n) is 18.9. The van der Waals surface area contributed by atoms with Crippen molar-refractivity contribution in [2.75, 3.05) is 24.8 Å². The molecule has 0 saturated heterocycles. The highest BCUT2D eigenvalue weighted by Crippen LogP contribution is 2.34. The molecule has 10 heteroatoms. The maximum Gasteiger partial charge on any atom is 0.253 e. The van der Waals surface area contributed by atoms with Gasteiger partial charge < -0.3 is 20.3 Å². The number of carbonyl (C=O) groups is 2. The van der Waals surface area contributed by atoms with Crippen molar-refractivity contribution < 1.29 is 22.7 Å². The normalized spacial score (nSPS) is 19.3. The minimum absolute atomic E-state index is 0.0171. The number of rotatable bonds is 6. The first-order valence-electron chi connectivity index (χ1n) is 10.7. The standard InChI is InChI=1S/C23H28N4O5S/c1-15(24-2)22(28)25-19-14-32-21-10-5-4-9-20(21)27(23(19)29)12-17-8-6-7-16-11-26(13-18(16)17)33(3,30)31/h4-10,15,19,24H,11-14H2,1-3H3,(H,25,28). The molecule has 2 aromatic carbocycles. The summed E-state index contributed by atoms with van der Waals surface area (Å²) in [7, 11) is -1.66. The Morgan fingerprint density at radius 3 is 2.67 bits per heavy atom. The van der Waals surface area contributed by atoms with E-state index >= 15 is 0 Å². The van der Waals surface area contributed by atoms with Crippen molar-refractivity contribution in [3.05, 3.63) is 59.2 Å². The van der Waals surface area contributed by atoms with Crippen molar-refractivity contribution in [3.63, 3.8) is 0 Å². The van der Waals surface area contributed by atoms with Crippen LogP contribution in [0.5, 0.6) is 5.75 Å². The van der Waals surface area contributed by atoms with Gasteiger partial charge in [-0.05, 0) is 42.8 Å². The number of anilines is 1. The second-order valence-electron chi connectivity index (χ2n) is 8.36. The van der Waals surface area contributed by atoms with E-state index in [1.54, 1.807) is 31.0 Å². The summed E-state index contributed by atoms with van der Waals surface area (Å²) in [6.45, 7) is 2.54. The van der Waals surface area contributed by atoms with Gasteiger partial charge in [-0.3, -0.25) is 9.59 Å². The Labute approximate surface area is 193 Å². The van der Waals surface area contributed by atoms with Gasteiger partial charge in [0, 0.05) is 13.1 Å². The fourth-order valence-electron chi connectivity index (χ4n) is 4.06. The van der Waals surface area contributed by atoms with E-state index in [0.717, 1.165) is 16.7 Å². The van der Waals surface area contributed by atoms with E-state index in [1.165, 1.54) is 10.6 Å². The summed E-state index contributed by atoms with van der Waals surface area (Å²) >= 11 is 0. The molecule has 2 aliphatic heterocycles. The minimum atomic E-state index is -3.34. The molecular weight excluding hydrogens is 444 g/mol. The average Bonchev–Trinajstić information content (AvgIpc) is 3.20. The Balaban J connectivity index is 1.67. The number of hydrogen-bond donors (Lipinski definition) is 2. The van der Waals surface area contributed by atoms with Crippen LogP contribution in [0.3, 0.4) is 0 Å². The Bertz CT molecular complexity index is 1180. The summed E-state index contributed by atoms with van der Waals surface area (Å²) in [6, 6.07) is 11.6. The van der Waals surface area contributed by atoms with Gasteiger partial charge in [-0.2, -0.15) is 4.31 Å². The van der Waals surface area contributed by atoms with Gasteiger partial charge in [0.05, 0.1) is 24.5 Å². The molecule has 33 heavy (non-hydrogen) atoms. The van der Waals surface area contributed by atoms with Crippen molar-refractivity contribution in [1.82, 2.24) is 14.9 Å². The first-order valence-corrected chi connectivity index (χ1v) is 12.6. The Morgan fingerprint density at radius 1 is 1.18 bits per heavy atom. The largest absolute Gasteiger partial charge is 0.489 e. The summed E-state index contributed by atoms with van der Waals surface area (Å²) in [4.78, 5) is 27.7. The lowest BCUT2D eigenvalue weighted by molar-refractivity contribution is -0.129. The topological polar surface area (TPSA) is 108 Å². The number of para-hydroxylation sites is 2. The van der Waals surface area contributed by atoms with E-state index in [2.05, 4.69) is 10.6 Å². The average molecular weight is 473 g/mol. The zero-order valence-corrected chi connectivity index (χ0v) is 19.7. The van der Waals surface area contributed by atoms with E-state index in [4.69, 9.17) is 4.74 Å². The molecule has 2 unspecified atom stereocenters. The molecule has 2 amide bonds. The molecule has 2 aliphatic rings. The SMILES string of the molecule is CNC(C)C(=O)NC1COc2ccccc2N(Cc2cccc3c2CN(S(C)(=O)=O)C3)C1=O. The van der Waals surface area contributed by atoms with E-state index in [1.807, 2.05) is 30.3 Å². The van der Waals surface area contributed by atoms with Crippen LogP contribution < -0.4 is 20.3 Å². The highest BCUT2D eigenvalue weighted by atomic mass is 32.2. The smallest absolute Gasteiger partial charge is 0.253 e. The predicted octanol–water partition coefficient (Wildman–Crippen LogP) is 0.980. The lowest BCUT2D eigenvalue weighted by Crippen LogP contribution is -2.53. The first-order chi connectivity index (χ1) is 15.7. The third-order valence-electron chi connectivity index (χ3n) is 6.12. The molecule has 0 bridgehead atoms. The van der Waals surface area contributed by atoms with Crippen LogP contribution in [0.2, 0.25) is 0 Å². The third-order valence-corrected chi connectivity index (χ3v) is 7.31. The van der Waals surface area contributed by atoms with Gasteiger partial charge in [-0.1, -0.05) is 30.3 Å². The number of sulfonamides is 1. The maximum atomic E-state index is 13.6. The quantitative estimate of drug-likeness (QED) is 0.649. The summed E-state index contributed by atoms with van der Waals surface area (Å²) in [6.07, 6.45) is 1.20. The Hall–Kier alpha value is -2.95. The molecular formula is C23H28N4O5S. The molecule has 0 aliphatic carbocycles. The van der Waals surface area contributed by atoms with Crippen molar-refractivity contribution in [3.8, 4) is 5.75 Å². The van der Waals surface area contributed by atoms with Crippen molar-refractivity contribution in [2.45, 2.75) is 38.6 Å². The van der Waals surface area contributed by atoms with Crippen LogP contribution in [0.15, 0.2) is 42.5 Å². The molecule has 0 spiro atoms. The van der Waals surface area contributed by atoms with Crippen LogP contribution in [0.4, 0.5) is 5.69 Å². The lowest BCUT2D eigenvalue weighted by Gasteiger charge is -2.26. The second-order valence-corrected chi connectivity index (χ2v) is 10.3. The summed E-state index contributed by atoms with van der Waals surface area (Å²) in [5, 5.41) is 5.65. The maximum absolute atomic E-state index is 13.6. The van der Waals surface area contributed by atoms with Gasteiger partial charge in [0.2, 0.25) is 15.9 Å². The molecule has 2 atom stereocenters. The van der Waals surface area contributed by atoms with Gasteiger partial charge in [0.1, 0.15) is 18.4 Å². The molecule has 4 rings (SSSR count). The van der Waals surface area contributed by atoms with Gasteiger partial charge >= 0.3 is 0 Å². The third kappa shape index (κ3) is 4.73. The monoisotopic (exact) mass is 472 g/mol. The van der Waals surface area contributed by atoms with Crippen LogP contribution in [0.25, 0.3) is 0 Å². The highest BCUT2D eigenvalue weighted by Gasteiger charge is 2.35. The molecule has 9 nitrogen and oxygen atoms in total. The fraction of sp³-hybridized carbons (Fsp3) is 0.391. The van der Waals surface area contributed by atoms with Crippen LogP contribution in [0.1, 0.15) is 23.6 Å². The number of benzene rings is 2. The van der Waals surface area contributed by atoms with Gasteiger partial charge in [-0.25, -0.2) is 8.42 Å². The number of ether oxygens (including phenoxy) is 1. The van der Waals surface area contributed by atoms with Crippen LogP contribution >= 0.6 is 0 Å². The molecule has 2 N–H and O–H groups in total. The molecule has 2 aromatic rings. The Kier molecular flexibility index (Phi) is 6.42. The van der Waals surface area contributed by atoms with Crippen molar-refractivity contribution >= 4 is 27.5 Å². The summed E-state index contributed by atoms with van der Waals surface area (Å²) in [5.74, 6) is -0.0310. The second kappa shape index (κ2) is 9.12. The van der Waals surface area contributed by atoms with Crippen LogP contribution in [-0.4, -0.2) is 56.5 Å². The molecule has 0 radical (unpaired) electrons. The zero-order chi connectivity index (χ0) is 23.8. The number of likely N-dealkylation sites (N-methyl/N-ethyl adjacent to an activating group) is 1. The number of fused-ring (bicyclic) bond motifs is 2. The van der Waals surface area contributed by atoms with E-state index < -0.39 is 22.1 Å². The number of nitrogens with one attached hydrogen (secondary N) is 2. The number of amides is 2. The molecule has 0 aromatic heterocycles. The Morgan fingerprint density at radius 2 is 1.94 bits per heavy atom. The lowest BCUT2D eigenvalue weighted by atomic mass is 10.0. The van der Waals surface area contributed by atoms with Crippen molar-refractivity contribution in [1.29, 1.82) is 0 Å². The van der Waals surface area contributed by atoms with Crippen LogP contribution in [0, 0.1) is 0 Å². The molecule has 0 saturated carbocycles. The van der Waals surface area contributed by atoms with Crippen LogP contribution in [-0.2, 0) is 39.2 Å². The van der Waals surface area contributed by atoms with Gasteiger partial charge in [-0.15, -0.1) is 0 Å². The van der Waals surface area contributed by atoms with E-state index in [9.17, 15) is 18.0 Å². The van der Waals surface area contributed by atoms with E-state index in [0.29, 0.717) is 18.0 Å². The molecule has 2 heterocycles. The van der Waals surface area contributed by atoms with Gasteiger partial charge in [0.25, 0.3) is 5.91 Å². The number of hydrogen-bond acceptors (Lipinski definition) is 6. The number of nitrogens with zero attached hydrogens (tertiary/aromatic N) is 2. The van der Waals surface area contributed by atoms with Gasteiger partial charge in [0.15, 0.2) is 0 Å². The van der Waals surface area contributed by atoms with Crippen molar-refractivity contribution in [2.24, 2.45) is 0 Å². The molecule has 176 valence electrons. The van der Waals surface area contributed by atoms with E-state index in [-0.39, 0.29) is 31.5 Å². The summed E-state index contributed by atoms with van der Waals surface area (Å²) in [5.41, 5.74) is 3.30. The summed E-state index contributed by atoms with van der Waals surface area (Å²) < 4.78 is 31.5. The predicted molar refractivity (Wildman–Crippen MR) is 124 cm³/mol. The molecule has 0 fully saturated rings. The minimum Gasteiger partial charge on any atom is -0.489 e. The first kappa shape index (κ1) is 23.2. The fourth-order valence-corrected chi connectivity index (χ4v) is 4.80. The number of carbonyl (C=O) groups excluding carboxylic acids is 2. The highest BCUT2D eigenvalue weighted by molar-refractivity contribution is 7.88.